The van der Waals surface area contributed by atoms with Gasteiger partial charge in [0.2, 0.25) is 10.0 Å². The van der Waals surface area contributed by atoms with Gasteiger partial charge in [0.1, 0.15) is 0 Å². The van der Waals surface area contributed by atoms with Gasteiger partial charge in [-0.3, -0.25) is 0 Å². The Kier molecular flexibility index (Phi) is 9.33. The third-order valence-corrected chi connectivity index (χ3v) is 9.37. The highest BCUT2D eigenvalue weighted by Gasteiger charge is 2.39. The zero-order chi connectivity index (χ0) is 27.3. The Morgan fingerprint density at radius 3 is 2.42 bits per heavy atom. The van der Waals surface area contributed by atoms with E-state index in [9.17, 15) is 18.3 Å². The molecule has 2 aromatic carbocycles. The number of hydrogen-bond acceptors (Lipinski definition) is 5. The van der Waals surface area contributed by atoms with Crippen molar-refractivity contribution in [3.05, 3.63) is 60.2 Å². The van der Waals surface area contributed by atoms with Crippen LogP contribution in [0.5, 0.6) is 0 Å². The number of amides is 2. The molecule has 2 fully saturated rings. The SMILES string of the molecule is CC(C)CN1CC(Cc2ccccc2)N(CC(O)CN(CC2CCCC2)S(=O)(=O)c2cccc(N)c2)C1=O. The van der Waals surface area contributed by atoms with Crippen molar-refractivity contribution < 1.29 is 18.3 Å². The first-order valence-corrected chi connectivity index (χ1v) is 15.2. The smallest absolute Gasteiger partial charge is 0.320 e. The van der Waals surface area contributed by atoms with Gasteiger partial charge in [-0.1, -0.05) is 63.1 Å². The lowest BCUT2D eigenvalue weighted by Gasteiger charge is -2.30. The molecule has 0 aromatic heterocycles. The molecule has 0 radical (unpaired) electrons. The predicted octanol–water partition coefficient (Wildman–Crippen LogP) is 3.82. The van der Waals surface area contributed by atoms with Crippen molar-refractivity contribution in [1.29, 1.82) is 0 Å². The van der Waals surface area contributed by atoms with Crippen molar-refractivity contribution in [2.24, 2.45) is 11.8 Å². The number of aliphatic hydroxyl groups excluding tert-OH is 1. The monoisotopic (exact) mass is 542 g/mol. The second-order valence-corrected chi connectivity index (χ2v) is 13.2. The van der Waals surface area contributed by atoms with Crippen molar-refractivity contribution in [3.63, 3.8) is 0 Å². The fourth-order valence-electron chi connectivity index (χ4n) is 5.75. The number of carbonyl (C=O) groups excluding carboxylic acids is 1. The minimum Gasteiger partial charge on any atom is -0.399 e. The number of sulfonamides is 1. The highest BCUT2D eigenvalue weighted by Crippen LogP contribution is 2.29. The number of anilines is 1. The summed E-state index contributed by atoms with van der Waals surface area (Å²) in [5.41, 5.74) is 7.40. The van der Waals surface area contributed by atoms with Gasteiger partial charge in [-0.2, -0.15) is 4.31 Å². The van der Waals surface area contributed by atoms with Gasteiger partial charge in [0.05, 0.1) is 23.6 Å². The van der Waals surface area contributed by atoms with Gasteiger partial charge >= 0.3 is 6.03 Å². The Labute approximate surface area is 227 Å². The highest BCUT2D eigenvalue weighted by atomic mass is 32.2. The maximum absolute atomic E-state index is 13.7. The molecular formula is C29H42N4O4S. The Morgan fingerprint density at radius 2 is 1.76 bits per heavy atom. The number of nitrogens with zero attached hydrogens (tertiary/aromatic N) is 3. The zero-order valence-corrected chi connectivity index (χ0v) is 23.4. The average Bonchev–Trinajstić information content (AvgIpc) is 3.48. The molecular weight excluding hydrogens is 500 g/mol. The Balaban J connectivity index is 1.52. The van der Waals surface area contributed by atoms with Gasteiger partial charge in [0.25, 0.3) is 0 Å². The molecule has 1 heterocycles. The van der Waals surface area contributed by atoms with E-state index in [4.69, 9.17) is 5.73 Å². The van der Waals surface area contributed by atoms with Crippen LogP contribution < -0.4 is 5.73 Å². The quantitative estimate of drug-likeness (QED) is 0.397. The van der Waals surface area contributed by atoms with Crippen molar-refractivity contribution in [1.82, 2.24) is 14.1 Å². The fourth-order valence-corrected chi connectivity index (χ4v) is 7.36. The summed E-state index contributed by atoms with van der Waals surface area (Å²) >= 11 is 0. The van der Waals surface area contributed by atoms with Crippen LogP contribution in [-0.2, 0) is 16.4 Å². The zero-order valence-electron chi connectivity index (χ0n) is 22.6. The second-order valence-electron chi connectivity index (χ2n) is 11.3. The first kappa shape index (κ1) is 28.4. The second kappa shape index (κ2) is 12.5. The topological polar surface area (TPSA) is 107 Å². The molecule has 2 unspecified atom stereocenters. The molecule has 2 amide bonds. The standard InChI is InChI=1S/C29H42N4O4S/c1-22(2)17-31-19-26(15-23-9-4-3-5-10-23)33(29(31)35)21-27(34)20-32(18-24-11-6-7-12-24)38(36,37)28-14-8-13-25(30)16-28/h3-5,8-10,13-14,16,22,24,26-27,34H,6-7,11-12,15,17-21,30H2,1-2H3. The number of rotatable bonds is 12. The van der Waals surface area contributed by atoms with E-state index in [0.717, 1.165) is 31.2 Å². The van der Waals surface area contributed by atoms with Crippen LogP contribution in [0.3, 0.4) is 0 Å². The van der Waals surface area contributed by atoms with E-state index in [0.29, 0.717) is 37.7 Å². The molecule has 1 aliphatic heterocycles. The first-order chi connectivity index (χ1) is 18.1. The molecule has 0 bridgehead atoms. The normalized spacial score (nSPS) is 19.7. The molecule has 1 aliphatic carbocycles. The van der Waals surface area contributed by atoms with Crippen molar-refractivity contribution >= 4 is 21.7 Å². The van der Waals surface area contributed by atoms with Crippen LogP contribution >= 0.6 is 0 Å². The summed E-state index contributed by atoms with van der Waals surface area (Å²) in [6, 6.07) is 16.1. The minimum atomic E-state index is -3.86. The van der Waals surface area contributed by atoms with Gasteiger partial charge in [0, 0.05) is 31.9 Å². The van der Waals surface area contributed by atoms with Crippen molar-refractivity contribution in [2.45, 2.75) is 63.0 Å². The molecule has 1 saturated carbocycles. The van der Waals surface area contributed by atoms with Crippen LogP contribution in [0.4, 0.5) is 10.5 Å². The number of benzene rings is 2. The number of nitrogen functional groups attached to an aromatic ring is 1. The van der Waals surface area contributed by atoms with E-state index >= 15 is 0 Å². The lowest BCUT2D eigenvalue weighted by molar-refractivity contribution is 0.0954. The van der Waals surface area contributed by atoms with Gasteiger partial charge in [-0.05, 0) is 54.9 Å². The molecule has 0 spiro atoms. The number of carbonyl (C=O) groups is 1. The molecule has 9 heteroatoms. The summed E-state index contributed by atoms with van der Waals surface area (Å²) in [6.45, 7) is 5.77. The first-order valence-electron chi connectivity index (χ1n) is 13.8. The summed E-state index contributed by atoms with van der Waals surface area (Å²) in [5.74, 6) is 0.588. The third kappa shape index (κ3) is 7.07. The number of aliphatic hydroxyl groups is 1. The minimum absolute atomic E-state index is 0.0698. The van der Waals surface area contributed by atoms with E-state index in [1.54, 1.807) is 23.1 Å². The van der Waals surface area contributed by atoms with Gasteiger partial charge in [-0.15, -0.1) is 0 Å². The van der Waals surface area contributed by atoms with E-state index < -0.39 is 16.1 Å². The highest BCUT2D eigenvalue weighted by molar-refractivity contribution is 7.89. The molecule has 1 saturated heterocycles. The Bertz CT molecular complexity index is 1170. The lowest BCUT2D eigenvalue weighted by Crippen LogP contribution is -2.47. The van der Waals surface area contributed by atoms with Crippen LogP contribution in [0.2, 0.25) is 0 Å². The van der Waals surface area contributed by atoms with Gasteiger partial charge in [0.15, 0.2) is 0 Å². The number of β-amino-alcohol motifs (C(OH)–C–C–N with tert-alkyl or cyclic N) is 1. The number of hydrogen-bond donors (Lipinski definition) is 2. The molecule has 2 aliphatic rings. The van der Waals surface area contributed by atoms with Crippen LogP contribution in [0.1, 0.15) is 45.1 Å². The predicted molar refractivity (Wildman–Crippen MR) is 150 cm³/mol. The van der Waals surface area contributed by atoms with Crippen LogP contribution in [0.25, 0.3) is 0 Å². The molecule has 2 atom stereocenters. The van der Waals surface area contributed by atoms with E-state index in [2.05, 4.69) is 13.8 Å². The number of nitrogens with two attached hydrogens (primary N) is 1. The summed E-state index contributed by atoms with van der Waals surface area (Å²) in [5, 5.41) is 11.2. The van der Waals surface area contributed by atoms with Crippen LogP contribution in [0, 0.1) is 11.8 Å². The van der Waals surface area contributed by atoms with Crippen LogP contribution in [0.15, 0.2) is 59.5 Å². The van der Waals surface area contributed by atoms with E-state index in [-0.39, 0.29) is 36.0 Å². The molecule has 8 nitrogen and oxygen atoms in total. The molecule has 208 valence electrons. The molecule has 2 aromatic rings. The van der Waals surface area contributed by atoms with Crippen LogP contribution in [-0.4, -0.2) is 78.5 Å². The average molecular weight is 543 g/mol. The summed E-state index contributed by atoms with van der Waals surface area (Å²) in [6.07, 6.45) is 3.80. The van der Waals surface area contributed by atoms with E-state index in [1.165, 1.54) is 10.4 Å². The maximum Gasteiger partial charge on any atom is 0.320 e. The van der Waals surface area contributed by atoms with Gasteiger partial charge < -0.3 is 20.6 Å². The fraction of sp³-hybridized carbons (Fsp3) is 0.552. The maximum atomic E-state index is 13.7. The van der Waals surface area contributed by atoms with Crippen molar-refractivity contribution in [3.8, 4) is 0 Å². The summed E-state index contributed by atoms with van der Waals surface area (Å²) in [4.78, 5) is 17.1. The number of urea groups is 1. The molecule has 3 N–H and O–H groups in total. The van der Waals surface area contributed by atoms with E-state index in [1.807, 2.05) is 35.2 Å². The summed E-state index contributed by atoms with van der Waals surface area (Å²) in [7, 11) is -3.86. The Morgan fingerprint density at radius 1 is 1.05 bits per heavy atom. The largest absolute Gasteiger partial charge is 0.399 e. The Hall–Kier alpha value is -2.62. The lowest BCUT2D eigenvalue weighted by atomic mass is 10.0. The molecule has 4 rings (SSSR count). The third-order valence-electron chi connectivity index (χ3n) is 7.54. The van der Waals surface area contributed by atoms with Gasteiger partial charge in [-0.25, -0.2) is 13.2 Å². The summed E-state index contributed by atoms with van der Waals surface area (Å²) < 4.78 is 28.7. The van der Waals surface area contributed by atoms with Crippen molar-refractivity contribution in [2.75, 3.05) is 38.5 Å². The molecule has 38 heavy (non-hydrogen) atoms.